The Morgan fingerprint density at radius 1 is 1.30 bits per heavy atom. The third-order valence-corrected chi connectivity index (χ3v) is 3.92. The van der Waals surface area contributed by atoms with Crippen LogP contribution < -0.4 is 5.32 Å². The summed E-state index contributed by atoms with van der Waals surface area (Å²) in [6, 6.07) is 6.75. The molecule has 2 aromatic rings. The van der Waals surface area contributed by atoms with Crippen molar-refractivity contribution in [2.75, 3.05) is 25.5 Å². The van der Waals surface area contributed by atoms with E-state index >= 15 is 0 Å². The molecule has 3 rings (SSSR count). The molecule has 0 aliphatic carbocycles. The zero-order valence-electron chi connectivity index (χ0n) is 12.0. The molecule has 5 heteroatoms. The van der Waals surface area contributed by atoms with Gasteiger partial charge >= 0.3 is 0 Å². The van der Waals surface area contributed by atoms with Crippen LogP contribution in [0.25, 0.3) is 11.5 Å². The molecule has 20 heavy (non-hydrogen) atoms. The molecule has 0 atom stereocenters. The molecule has 1 aromatic carbocycles. The van der Waals surface area contributed by atoms with Crippen molar-refractivity contribution in [3.8, 4) is 11.5 Å². The van der Waals surface area contributed by atoms with Crippen molar-refractivity contribution in [1.82, 2.24) is 15.1 Å². The Bertz CT molecular complexity index is 559. The van der Waals surface area contributed by atoms with Gasteiger partial charge in [-0.05, 0) is 57.6 Å². The Morgan fingerprint density at radius 3 is 2.80 bits per heavy atom. The lowest BCUT2D eigenvalue weighted by molar-refractivity contribution is 0.264. The van der Waals surface area contributed by atoms with Gasteiger partial charge in [-0.1, -0.05) is 6.07 Å². The van der Waals surface area contributed by atoms with Gasteiger partial charge in [-0.3, -0.25) is 0 Å². The minimum absolute atomic E-state index is 0.544. The second-order valence-corrected chi connectivity index (χ2v) is 5.50. The lowest BCUT2D eigenvalue weighted by Crippen LogP contribution is -2.36. The van der Waals surface area contributed by atoms with Crippen LogP contribution in [0.4, 0.5) is 5.69 Å². The van der Waals surface area contributed by atoms with Crippen molar-refractivity contribution in [2.45, 2.75) is 25.8 Å². The summed E-state index contributed by atoms with van der Waals surface area (Å²) in [6.07, 6.45) is 3.72. The first-order valence-electron chi connectivity index (χ1n) is 7.04. The van der Waals surface area contributed by atoms with E-state index in [1.165, 1.54) is 24.8 Å². The van der Waals surface area contributed by atoms with Gasteiger partial charge in [0.1, 0.15) is 0 Å². The lowest BCUT2D eigenvalue weighted by atomic mass is 10.0. The summed E-state index contributed by atoms with van der Waals surface area (Å²) in [5.41, 5.74) is 3.37. The molecule has 0 saturated carbocycles. The number of nitrogens with one attached hydrogen (secondary N) is 1. The molecule has 5 nitrogen and oxygen atoms in total. The average molecular weight is 272 g/mol. The Labute approximate surface area is 119 Å². The number of anilines is 1. The number of hydrogen-bond donors (Lipinski definition) is 1. The Balaban J connectivity index is 1.77. The van der Waals surface area contributed by atoms with E-state index in [1.54, 1.807) is 0 Å². The van der Waals surface area contributed by atoms with Crippen molar-refractivity contribution in [2.24, 2.45) is 0 Å². The van der Waals surface area contributed by atoms with Gasteiger partial charge in [-0.15, -0.1) is 10.2 Å². The number of rotatable bonds is 3. The quantitative estimate of drug-likeness (QED) is 0.930. The van der Waals surface area contributed by atoms with E-state index in [-0.39, 0.29) is 0 Å². The van der Waals surface area contributed by atoms with Gasteiger partial charge in [0.15, 0.2) is 0 Å². The SMILES string of the molecule is Cc1ccc(-c2nnco2)cc1NC1CCN(C)CC1. The zero-order chi connectivity index (χ0) is 13.9. The van der Waals surface area contributed by atoms with Crippen molar-refractivity contribution < 1.29 is 4.42 Å². The number of likely N-dealkylation sites (tertiary alicyclic amines) is 1. The third-order valence-electron chi connectivity index (χ3n) is 3.92. The van der Waals surface area contributed by atoms with Gasteiger partial charge in [-0.25, -0.2) is 0 Å². The molecule has 0 spiro atoms. The molecule has 1 N–H and O–H groups in total. The number of hydrogen-bond acceptors (Lipinski definition) is 5. The van der Waals surface area contributed by atoms with E-state index in [9.17, 15) is 0 Å². The molecular weight excluding hydrogens is 252 g/mol. The minimum atomic E-state index is 0.544. The highest BCUT2D eigenvalue weighted by Crippen LogP contribution is 2.25. The summed E-state index contributed by atoms with van der Waals surface area (Å²) in [6.45, 7) is 4.43. The Kier molecular flexibility index (Phi) is 3.69. The largest absolute Gasteiger partial charge is 0.423 e. The van der Waals surface area contributed by atoms with E-state index in [4.69, 9.17) is 4.42 Å². The second kappa shape index (κ2) is 5.63. The fourth-order valence-electron chi connectivity index (χ4n) is 2.58. The molecule has 1 aromatic heterocycles. The molecule has 0 unspecified atom stereocenters. The van der Waals surface area contributed by atoms with Crippen LogP contribution >= 0.6 is 0 Å². The van der Waals surface area contributed by atoms with Gasteiger partial charge in [0, 0.05) is 17.3 Å². The summed E-state index contributed by atoms with van der Waals surface area (Å²) >= 11 is 0. The smallest absolute Gasteiger partial charge is 0.247 e. The molecule has 0 amide bonds. The normalized spacial score (nSPS) is 17.3. The fourth-order valence-corrected chi connectivity index (χ4v) is 2.58. The summed E-state index contributed by atoms with van der Waals surface area (Å²) in [5, 5.41) is 11.4. The molecule has 0 bridgehead atoms. The molecule has 1 fully saturated rings. The number of piperidine rings is 1. The third kappa shape index (κ3) is 2.82. The van der Waals surface area contributed by atoms with Gasteiger partial charge in [0.05, 0.1) is 0 Å². The van der Waals surface area contributed by atoms with Gasteiger partial charge in [-0.2, -0.15) is 0 Å². The van der Waals surface area contributed by atoms with Crippen LogP contribution in [0.2, 0.25) is 0 Å². The highest BCUT2D eigenvalue weighted by Gasteiger charge is 2.17. The summed E-state index contributed by atoms with van der Waals surface area (Å²) in [5.74, 6) is 0.566. The number of aromatic nitrogens is 2. The van der Waals surface area contributed by atoms with Crippen LogP contribution in [0.15, 0.2) is 29.0 Å². The number of aryl methyl sites for hydroxylation is 1. The minimum Gasteiger partial charge on any atom is -0.423 e. The monoisotopic (exact) mass is 272 g/mol. The average Bonchev–Trinajstić information content (AvgIpc) is 2.98. The van der Waals surface area contributed by atoms with E-state index in [0.29, 0.717) is 11.9 Å². The van der Waals surface area contributed by atoms with Crippen LogP contribution in [0.5, 0.6) is 0 Å². The fraction of sp³-hybridized carbons (Fsp3) is 0.467. The molecule has 106 valence electrons. The topological polar surface area (TPSA) is 54.2 Å². The summed E-state index contributed by atoms with van der Waals surface area (Å²) in [4.78, 5) is 2.37. The number of nitrogens with zero attached hydrogens (tertiary/aromatic N) is 3. The Morgan fingerprint density at radius 2 is 2.10 bits per heavy atom. The van der Waals surface area contributed by atoms with Crippen LogP contribution in [0.3, 0.4) is 0 Å². The maximum Gasteiger partial charge on any atom is 0.247 e. The molecule has 1 saturated heterocycles. The van der Waals surface area contributed by atoms with Gasteiger partial charge in [0.25, 0.3) is 0 Å². The maximum absolute atomic E-state index is 5.26. The summed E-state index contributed by atoms with van der Waals surface area (Å²) in [7, 11) is 2.18. The van der Waals surface area contributed by atoms with Gasteiger partial charge in [0.2, 0.25) is 12.3 Å². The molecule has 0 radical (unpaired) electrons. The summed E-state index contributed by atoms with van der Waals surface area (Å²) < 4.78 is 5.26. The predicted octanol–water partition coefficient (Wildman–Crippen LogP) is 2.55. The standard InChI is InChI=1S/C15H20N4O/c1-11-3-4-12(15-18-16-10-20-15)9-14(11)17-13-5-7-19(2)8-6-13/h3-4,9-10,13,17H,5-8H2,1-2H3. The van der Waals surface area contributed by atoms with Crippen molar-refractivity contribution >= 4 is 5.69 Å². The molecule has 1 aliphatic heterocycles. The zero-order valence-corrected chi connectivity index (χ0v) is 12.0. The van der Waals surface area contributed by atoms with Crippen LogP contribution in [-0.4, -0.2) is 41.3 Å². The first-order chi connectivity index (χ1) is 9.72. The van der Waals surface area contributed by atoms with Crippen molar-refractivity contribution in [3.05, 3.63) is 30.2 Å². The van der Waals surface area contributed by atoms with Crippen LogP contribution in [0, 0.1) is 6.92 Å². The van der Waals surface area contributed by atoms with Crippen molar-refractivity contribution in [1.29, 1.82) is 0 Å². The molecule has 2 heterocycles. The predicted molar refractivity (Wildman–Crippen MR) is 78.6 cm³/mol. The van der Waals surface area contributed by atoms with Crippen molar-refractivity contribution in [3.63, 3.8) is 0 Å². The Hall–Kier alpha value is -1.88. The molecular formula is C15H20N4O. The maximum atomic E-state index is 5.26. The van der Waals surface area contributed by atoms with Gasteiger partial charge < -0.3 is 14.6 Å². The van der Waals surface area contributed by atoms with E-state index in [1.807, 2.05) is 6.07 Å². The second-order valence-electron chi connectivity index (χ2n) is 5.50. The van der Waals surface area contributed by atoms with E-state index < -0.39 is 0 Å². The first kappa shape index (κ1) is 13.1. The van der Waals surface area contributed by atoms with E-state index in [2.05, 4.69) is 46.5 Å². The molecule has 1 aliphatic rings. The number of benzene rings is 1. The lowest BCUT2D eigenvalue weighted by Gasteiger charge is -2.30. The highest BCUT2D eigenvalue weighted by atomic mass is 16.4. The first-order valence-corrected chi connectivity index (χ1v) is 7.04. The highest BCUT2D eigenvalue weighted by molar-refractivity contribution is 5.64. The van der Waals surface area contributed by atoms with Crippen LogP contribution in [0.1, 0.15) is 18.4 Å². The van der Waals surface area contributed by atoms with Crippen LogP contribution in [-0.2, 0) is 0 Å². The van der Waals surface area contributed by atoms with E-state index in [0.717, 1.165) is 24.3 Å².